The van der Waals surface area contributed by atoms with Crippen LogP contribution in [0.5, 0.6) is 5.75 Å². The molecule has 0 aliphatic rings. The number of carbonyl (C=O) groups is 6. The van der Waals surface area contributed by atoms with Crippen LogP contribution < -0.4 is 36.6 Å². The summed E-state index contributed by atoms with van der Waals surface area (Å²) in [6.07, 6.45) is 8.99. The Balaban J connectivity index is 0.628. The zero-order chi connectivity index (χ0) is 63.2. The minimum absolute atomic E-state index is 0.00133. The van der Waals surface area contributed by atoms with Crippen molar-refractivity contribution in [3.8, 4) is 5.75 Å². The predicted molar refractivity (Wildman–Crippen MR) is 326 cm³/mol. The van der Waals surface area contributed by atoms with Crippen molar-refractivity contribution in [1.82, 2.24) is 32.8 Å². The lowest BCUT2D eigenvalue weighted by Gasteiger charge is -2.10. The highest BCUT2D eigenvalue weighted by Crippen LogP contribution is 2.22. The van der Waals surface area contributed by atoms with Crippen LogP contribution in [0, 0.1) is 0 Å². The van der Waals surface area contributed by atoms with Gasteiger partial charge < -0.3 is 96.8 Å². The highest BCUT2D eigenvalue weighted by atomic mass is 16.6. The third-order valence-electron chi connectivity index (χ3n) is 12.8. The van der Waals surface area contributed by atoms with Gasteiger partial charge in [0.05, 0.1) is 129 Å². The van der Waals surface area contributed by atoms with Gasteiger partial charge in [0.25, 0.3) is 23.6 Å². The van der Waals surface area contributed by atoms with Crippen molar-refractivity contribution in [2.75, 3.05) is 144 Å². The Morgan fingerprint density at radius 2 is 0.899 bits per heavy atom. The number of imidazole rings is 2. The molecule has 0 saturated carbocycles. The van der Waals surface area contributed by atoms with Crippen molar-refractivity contribution in [2.24, 2.45) is 35.2 Å². The molecule has 29 nitrogen and oxygen atoms in total. The molecule has 0 atom stereocenters. The standard InChI is InChI=1S/C60H77N13O16/c1-69-17-16-61-54(69)58(77)63-46-36-49(70(2)39-46)56(75)62-45-35-50(71(3)38-45)57(76)67-51-41-73(5)55(66-51)59(78)64-47-37-52(72(4)40-47)68-53(74)15-18-80-19-20-81-21-22-82-23-24-83-25-26-84-27-28-85-29-30-86-31-32-87-33-34-88-48-13-11-44(12-14-48)65-60(79)89-42-43-9-7-6-8-10-43/h6-14,16-17,35-41H,15,18-34,42H2,1-5H3,(H,62,75)(H,63,77)(H,64,78)(H,65,79)(H,67,76)(H,68,74). The molecular weight excluding hydrogens is 1160 g/mol. The number of carbonyl (C=O) groups excluding carboxylic acids is 6. The van der Waals surface area contributed by atoms with Crippen LogP contribution in [0.15, 0.2) is 110 Å². The van der Waals surface area contributed by atoms with E-state index < -0.39 is 29.7 Å². The van der Waals surface area contributed by atoms with E-state index >= 15 is 0 Å². The quantitative estimate of drug-likeness (QED) is 0.0260. The minimum Gasteiger partial charge on any atom is -0.491 e. The smallest absolute Gasteiger partial charge is 0.411 e. The Hall–Kier alpha value is -9.20. The summed E-state index contributed by atoms with van der Waals surface area (Å²) in [6, 6.07) is 21.1. The fourth-order valence-electron chi connectivity index (χ4n) is 8.29. The van der Waals surface area contributed by atoms with Crippen LogP contribution >= 0.6 is 0 Å². The Kier molecular flexibility index (Phi) is 27.4. The number of aromatic nitrogens is 7. The van der Waals surface area contributed by atoms with Gasteiger partial charge in [-0.05, 0) is 42.0 Å². The number of benzene rings is 2. The van der Waals surface area contributed by atoms with Crippen LogP contribution in [0.4, 0.5) is 39.2 Å². The maximum absolute atomic E-state index is 13.4. The predicted octanol–water partition coefficient (Wildman–Crippen LogP) is 5.47. The molecule has 0 spiro atoms. The lowest BCUT2D eigenvalue weighted by Crippen LogP contribution is -2.17. The molecule has 0 bridgehead atoms. The Morgan fingerprint density at radius 3 is 1.43 bits per heavy atom. The van der Waals surface area contributed by atoms with Gasteiger partial charge in [-0.25, -0.2) is 14.8 Å². The number of amides is 6. The summed E-state index contributed by atoms with van der Waals surface area (Å²) >= 11 is 0. The van der Waals surface area contributed by atoms with Gasteiger partial charge in [0, 0.05) is 84.2 Å². The first-order valence-electron chi connectivity index (χ1n) is 28.6. The average Bonchev–Trinajstić information content (AvgIpc) is 2.51. The fraction of sp³-hybridized carbons (Fsp3) is 0.400. The summed E-state index contributed by atoms with van der Waals surface area (Å²) in [5.41, 5.74) is 3.08. The van der Waals surface area contributed by atoms with Crippen LogP contribution in [-0.2, 0) is 89.3 Å². The third-order valence-corrected chi connectivity index (χ3v) is 12.8. The van der Waals surface area contributed by atoms with Crippen LogP contribution in [0.2, 0.25) is 0 Å². The number of ether oxygens (including phenoxy) is 10. The highest BCUT2D eigenvalue weighted by Gasteiger charge is 2.22. The van der Waals surface area contributed by atoms with Crippen molar-refractivity contribution >= 4 is 70.0 Å². The van der Waals surface area contributed by atoms with Crippen molar-refractivity contribution in [3.05, 3.63) is 139 Å². The monoisotopic (exact) mass is 1240 g/mol. The van der Waals surface area contributed by atoms with E-state index in [1.165, 1.54) is 33.7 Å². The zero-order valence-corrected chi connectivity index (χ0v) is 50.5. The van der Waals surface area contributed by atoms with Crippen molar-refractivity contribution in [3.63, 3.8) is 0 Å². The molecule has 478 valence electrons. The maximum atomic E-state index is 13.4. The molecule has 2 aromatic carbocycles. The van der Waals surface area contributed by atoms with Gasteiger partial charge in [-0.1, -0.05) is 30.3 Å². The van der Waals surface area contributed by atoms with Crippen LogP contribution in [-0.4, -0.2) is 181 Å². The van der Waals surface area contributed by atoms with Gasteiger partial charge in [-0.2, -0.15) is 0 Å². The van der Waals surface area contributed by atoms with E-state index in [0.717, 1.165) is 5.56 Å². The average molecular weight is 1240 g/mol. The molecule has 0 radical (unpaired) electrons. The number of hydrogen-bond acceptors (Lipinski definition) is 18. The molecule has 7 aromatic rings. The first-order valence-corrected chi connectivity index (χ1v) is 28.6. The molecule has 0 aliphatic heterocycles. The summed E-state index contributed by atoms with van der Waals surface area (Å²) in [4.78, 5) is 85.7. The molecular formula is C60H77N13O16. The van der Waals surface area contributed by atoms with Gasteiger partial charge in [-0.15, -0.1) is 0 Å². The van der Waals surface area contributed by atoms with Gasteiger partial charge in [0.1, 0.15) is 36.2 Å². The summed E-state index contributed by atoms with van der Waals surface area (Å²) in [6.45, 7) is 6.80. The number of nitrogens with zero attached hydrogens (tertiary/aromatic N) is 7. The first kappa shape index (κ1) is 67.3. The van der Waals surface area contributed by atoms with E-state index in [2.05, 4.69) is 41.9 Å². The number of aryl methyl sites for hydroxylation is 5. The Labute approximate surface area is 514 Å². The number of anilines is 6. The molecule has 5 heterocycles. The fourth-order valence-corrected chi connectivity index (χ4v) is 8.29. The molecule has 29 heteroatoms. The Bertz CT molecular complexity index is 3350. The first-order chi connectivity index (χ1) is 43.2. The second kappa shape index (κ2) is 36.2. The molecule has 6 amide bonds. The van der Waals surface area contributed by atoms with E-state index in [1.807, 2.05) is 30.3 Å². The van der Waals surface area contributed by atoms with Crippen LogP contribution in [0.3, 0.4) is 0 Å². The molecule has 0 unspecified atom stereocenters. The van der Waals surface area contributed by atoms with E-state index in [4.69, 9.17) is 47.4 Å². The summed E-state index contributed by atoms with van der Waals surface area (Å²) in [5.74, 6) is -0.898. The van der Waals surface area contributed by atoms with E-state index in [0.29, 0.717) is 140 Å². The minimum atomic E-state index is -0.564. The molecule has 5 aromatic heterocycles. The second-order valence-corrected chi connectivity index (χ2v) is 19.7. The largest absolute Gasteiger partial charge is 0.491 e. The number of rotatable bonds is 40. The Morgan fingerprint density at radius 1 is 0.427 bits per heavy atom. The zero-order valence-electron chi connectivity index (χ0n) is 50.5. The number of nitrogens with one attached hydrogen (secondary N) is 6. The topological polar surface area (TPSA) is 317 Å². The SMILES string of the molecule is Cn1cc(NC(=O)c2nc(NC(=O)c3cc(NC(=O)c4cc(NC(=O)c5nccn5C)cn4C)cn3C)cn2C)cc1NC(=O)CCOCCOCCOCCOCCOCCOCCOCCOCCOc1ccc(NC(=O)OCc2ccccc2)cc1. The van der Waals surface area contributed by atoms with Crippen LogP contribution in [0.25, 0.3) is 0 Å². The van der Waals surface area contributed by atoms with Crippen molar-refractivity contribution in [2.45, 2.75) is 13.0 Å². The highest BCUT2D eigenvalue weighted by molar-refractivity contribution is 6.08. The molecule has 6 N–H and O–H groups in total. The lowest BCUT2D eigenvalue weighted by atomic mass is 10.2. The van der Waals surface area contributed by atoms with Gasteiger partial charge >= 0.3 is 6.09 Å². The van der Waals surface area contributed by atoms with E-state index in [1.54, 1.807) is 104 Å². The van der Waals surface area contributed by atoms with E-state index in [9.17, 15) is 28.8 Å². The number of hydrogen-bond donors (Lipinski definition) is 6. The van der Waals surface area contributed by atoms with E-state index in [-0.39, 0.29) is 54.4 Å². The van der Waals surface area contributed by atoms with Crippen molar-refractivity contribution < 1.29 is 76.1 Å². The lowest BCUT2D eigenvalue weighted by molar-refractivity contribution is -0.117. The summed E-state index contributed by atoms with van der Waals surface area (Å²) in [7, 11) is 8.31. The molecule has 0 aliphatic carbocycles. The van der Waals surface area contributed by atoms with Crippen molar-refractivity contribution in [1.29, 1.82) is 0 Å². The molecule has 0 fully saturated rings. The summed E-state index contributed by atoms with van der Waals surface area (Å²) < 4.78 is 63.0. The van der Waals surface area contributed by atoms with Gasteiger partial charge in [0.2, 0.25) is 11.7 Å². The maximum Gasteiger partial charge on any atom is 0.411 e. The summed E-state index contributed by atoms with van der Waals surface area (Å²) in [5, 5.41) is 16.5. The third kappa shape index (κ3) is 23.1. The molecule has 0 saturated heterocycles. The second-order valence-electron chi connectivity index (χ2n) is 19.7. The van der Waals surface area contributed by atoms with Gasteiger partial charge in [-0.3, -0.25) is 29.3 Å². The van der Waals surface area contributed by atoms with Gasteiger partial charge in [0.15, 0.2) is 11.6 Å². The van der Waals surface area contributed by atoms with Crippen LogP contribution in [0.1, 0.15) is 54.2 Å². The molecule has 89 heavy (non-hydrogen) atoms. The normalized spacial score (nSPS) is 11.1. The molecule has 7 rings (SSSR count).